The van der Waals surface area contributed by atoms with Crippen LogP contribution < -0.4 is 4.72 Å². The Morgan fingerprint density at radius 1 is 1.20 bits per heavy atom. The number of carbonyl (C=O) groups excluding carboxylic acids is 2. The number of halogens is 2. The number of fused-ring (bicyclic) bond motifs is 1. The predicted molar refractivity (Wildman–Crippen MR) is 100 cm³/mol. The van der Waals surface area contributed by atoms with Gasteiger partial charge >= 0.3 is 10.2 Å². The minimum absolute atomic E-state index is 0.0383. The van der Waals surface area contributed by atoms with Gasteiger partial charge in [0.2, 0.25) is 5.91 Å². The topological polar surface area (TPSA) is 117 Å². The van der Waals surface area contributed by atoms with E-state index in [0.29, 0.717) is 5.69 Å². The molecule has 4 rings (SSSR count). The maximum Gasteiger partial charge on any atom is 0.304 e. The molecule has 13 heteroatoms. The summed E-state index contributed by atoms with van der Waals surface area (Å²) in [5.74, 6) is -1.10. The summed E-state index contributed by atoms with van der Waals surface area (Å²) in [5, 5.41) is 3.81. The number of piperazine rings is 1. The first-order valence-corrected chi connectivity index (χ1v) is 10.9. The largest absolute Gasteiger partial charge is 0.340 e. The van der Waals surface area contributed by atoms with Gasteiger partial charge < -0.3 is 4.90 Å². The lowest BCUT2D eigenvalue weighted by Gasteiger charge is -2.33. The van der Waals surface area contributed by atoms with Gasteiger partial charge in [0, 0.05) is 44.7 Å². The van der Waals surface area contributed by atoms with Gasteiger partial charge in [-0.15, -0.1) is 0 Å². The molecule has 30 heavy (non-hydrogen) atoms. The van der Waals surface area contributed by atoms with Crippen LogP contribution in [0.2, 0.25) is 0 Å². The number of hydrogen-bond donors (Lipinski definition) is 1. The molecule has 2 aliphatic rings. The van der Waals surface area contributed by atoms with E-state index in [0.717, 1.165) is 27.9 Å². The molecule has 1 N–H and O–H groups in total. The molecule has 0 radical (unpaired) electrons. The molecule has 2 aromatic rings. The smallest absolute Gasteiger partial charge is 0.304 e. The van der Waals surface area contributed by atoms with Gasteiger partial charge in [-0.3, -0.25) is 9.59 Å². The lowest BCUT2D eigenvalue weighted by molar-refractivity contribution is -0.129. The van der Waals surface area contributed by atoms with Gasteiger partial charge in [-0.05, 0) is 18.9 Å². The molecule has 2 amide bonds. The Kier molecular flexibility index (Phi) is 5.18. The molecule has 1 aliphatic carbocycles. The number of amides is 2. The molecule has 0 spiro atoms. The van der Waals surface area contributed by atoms with Crippen molar-refractivity contribution in [2.45, 2.75) is 32.1 Å². The minimum atomic E-state index is -4.18. The maximum absolute atomic E-state index is 13.5. The van der Waals surface area contributed by atoms with Crippen LogP contribution in [0, 0.1) is 0 Å². The Morgan fingerprint density at radius 2 is 1.87 bits per heavy atom. The minimum Gasteiger partial charge on any atom is -0.340 e. The lowest BCUT2D eigenvalue weighted by atomic mass is 10.2. The van der Waals surface area contributed by atoms with E-state index in [1.54, 1.807) is 0 Å². The monoisotopic (exact) mass is 442 g/mol. The molecule has 0 aromatic carbocycles. The quantitative estimate of drug-likeness (QED) is 0.728. The molecule has 10 nitrogen and oxygen atoms in total. The first-order valence-electron chi connectivity index (χ1n) is 9.42. The van der Waals surface area contributed by atoms with Crippen LogP contribution in [0.15, 0.2) is 12.3 Å². The normalized spacial score (nSPS) is 18.2. The number of nitrogens with zero attached hydrogens (tertiary/aromatic N) is 5. The third-order valence-electron chi connectivity index (χ3n) is 5.23. The number of nitrogens with one attached hydrogen (secondary N) is 1. The molecule has 0 atom stereocenters. The van der Waals surface area contributed by atoms with E-state index in [1.165, 1.54) is 17.9 Å². The van der Waals surface area contributed by atoms with E-state index in [-0.39, 0.29) is 49.2 Å². The molecule has 162 valence electrons. The first-order chi connectivity index (χ1) is 14.2. The van der Waals surface area contributed by atoms with E-state index < -0.39 is 28.2 Å². The average Bonchev–Trinajstić information content (AvgIpc) is 3.45. The average molecular weight is 442 g/mol. The van der Waals surface area contributed by atoms with Crippen molar-refractivity contribution < 1.29 is 26.8 Å². The molecule has 2 aromatic heterocycles. The van der Waals surface area contributed by atoms with Gasteiger partial charge in [-0.25, -0.2) is 23.0 Å². The highest BCUT2D eigenvalue weighted by molar-refractivity contribution is 7.87. The van der Waals surface area contributed by atoms with E-state index >= 15 is 0 Å². The molecule has 2 fully saturated rings. The van der Waals surface area contributed by atoms with Crippen molar-refractivity contribution in [3.05, 3.63) is 29.2 Å². The van der Waals surface area contributed by atoms with Crippen molar-refractivity contribution in [2.75, 3.05) is 26.2 Å². The summed E-state index contributed by atoms with van der Waals surface area (Å²) in [7, 11) is -4.18. The van der Waals surface area contributed by atoms with Gasteiger partial charge in [-0.1, -0.05) is 0 Å². The standard InChI is InChI=1S/C17H20F2N6O4S/c1-10(26)23-4-6-24(7-5-23)30(28,29)22-17(27)12-9-20-25-14(15(18)19)8-13(11-2-3-11)21-16(12)25/h8-9,11,15H,2-7H2,1H3,(H,22,27). The van der Waals surface area contributed by atoms with Gasteiger partial charge in [0.05, 0.1) is 6.20 Å². The molecule has 3 heterocycles. The Hall–Kier alpha value is -2.67. The van der Waals surface area contributed by atoms with Crippen molar-refractivity contribution in [1.29, 1.82) is 0 Å². The third-order valence-corrected chi connectivity index (χ3v) is 6.72. The predicted octanol–water partition coefficient (Wildman–Crippen LogP) is 0.683. The second-order valence-electron chi connectivity index (χ2n) is 7.32. The summed E-state index contributed by atoms with van der Waals surface area (Å²) in [6.07, 6.45) is -0.154. The Morgan fingerprint density at radius 3 is 2.43 bits per heavy atom. The molecule has 1 saturated carbocycles. The van der Waals surface area contributed by atoms with Crippen molar-refractivity contribution in [3.8, 4) is 0 Å². The van der Waals surface area contributed by atoms with Crippen molar-refractivity contribution in [2.24, 2.45) is 0 Å². The van der Waals surface area contributed by atoms with Gasteiger partial charge in [-0.2, -0.15) is 17.8 Å². The molecule has 0 bridgehead atoms. The van der Waals surface area contributed by atoms with Gasteiger partial charge in [0.1, 0.15) is 11.3 Å². The summed E-state index contributed by atoms with van der Waals surface area (Å²) >= 11 is 0. The Bertz CT molecular complexity index is 1110. The highest BCUT2D eigenvalue weighted by atomic mass is 32.2. The number of aromatic nitrogens is 3. The van der Waals surface area contributed by atoms with E-state index in [1.807, 2.05) is 4.72 Å². The zero-order valence-electron chi connectivity index (χ0n) is 16.1. The summed E-state index contributed by atoms with van der Waals surface area (Å²) < 4.78 is 56.0. The fourth-order valence-electron chi connectivity index (χ4n) is 3.39. The second-order valence-corrected chi connectivity index (χ2v) is 8.99. The number of carbonyl (C=O) groups is 2. The van der Waals surface area contributed by atoms with Gasteiger partial charge in [0.15, 0.2) is 5.65 Å². The number of rotatable bonds is 5. The summed E-state index contributed by atoms with van der Waals surface area (Å²) in [6, 6.07) is 1.27. The van der Waals surface area contributed by atoms with E-state index in [2.05, 4.69) is 10.1 Å². The van der Waals surface area contributed by atoms with Crippen molar-refractivity contribution in [1.82, 2.24) is 28.5 Å². The molecular formula is C17H20F2N6O4S. The van der Waals surface area contributed by atoms with Crippen molar-refractivity contribution in [3.63, 3.8) is 0 Å². The third kappa shape index (κ3) is 3.86. The van der Waals surface area contributed by atoms with Crippen LogP contribution in [-0.4, -0.2) is 70.2 Å². The van der Waals surface area contributed by atoms with Crippen LogP contribution in [0.25, 0.3) is 5.65 Å². The van der Waals surface area contributed by atoms with E-state index in [9.17, 15) is 26.8 Å². The summed E-state index contributed by atoms with van der Waals surface area (Å²) in [6.45, 7) is 1.90. The SMILES string of the molecule is CC(=O)N1CCN(S(=O)(=O)NC(=O)c2cnn3c(C(F)F)cc(C4CC4)nc23)CC1. The van der Waals surface area contributed by atoms with Crippen LogP contribution >= 0.6 is 0 Å². The fraction of sp³-hybridized carbons (Fsp3) is 0.529. The van der Waals surface area contributed by atoms with Crippen LogP contribution in [0.3, 0.4) is 0 Å². The maximum atomic E-state index is 13.5. The molecule has 1 aliphatic heterocycles. The molecular weight excluding hydrogens is 422 g/mol. The van der Waals surface area contributed by atoms with Crippen molar-refractivity contribution >= 4 is 27.7 Å². The van der Waals surface area contributed by atoms with Crippen LogP contribution in [-0.2, 0) is 15.0 Å². The summed E-state index contributed by atoms with van der Waals surface area (Å²) in [5.41, 5.74) is -0.270. The summed E-state index contributed by atoms with van der Waals surface area (Å²) in [4.78, 5) is 29.8. The molecule has 1 saturated heterocycles. The Labute approximate surface area is 171 Å². The van der Waals surface area contributed by atoms with Crippen LogP contribution in [0.4, 0.5) is 8.78 Å². The number of alkyl halides is 2. The van der Waals surface area contributed by atoms with Crippen LogP contribution in [0.1, 0.15) is 53.9 Å². The zero-order chi connectivity index (χ0) is 21.6. The van der Waals surface area contributed by atoms with E-state index in [4.69, 9.17) is 0 Å². The zero-order valence-corrected chi connectivity index (χ0v) is 16.9. The highest BCUT2D eigenvalue weighted by Gasteiger charge is 2.32. The second kappa shape index (κ2) is 7.54. The lowest BCUT2D eigenvalue weighted by Crippen LogP contribution is -2.53. The van der Waals surface area contributed by atoms with Gasteiger partial charge in [0.25, 0.3) is 12.3 Å². The first kappa shape index (κ1) is 20.6. The Balaban J connectivity index is 1.58. The van der Waals surface area contributed by atoms with Crippen LogP contribution in [0.5, 0.6) is 0 Å². The highest BCUT2D eigenvalue weighted by Crippen LogP contribution is 2.40. The number of hydrogen-bond acceptors (Lipinski definition) is 6. The fourth-order valence-corrected chi connectivity index (χ4v) is 4.51. The molecule has 0 unspecified atom stereocenters.